The van der Waals surface area contributed by atoms with Gasteiger partial charge < -0.3 is 4.90 Å². The Balaban J connectivity index is 0.000000631. The minimum absolute atomic E-state index is 1.10. The van der Waals surface area contributed by atoms with E-state index in [2.05, 4.69) is 36.3 Å². The van der Waals surface area contributed by atoms with E-state index >= 15 is 0 Å². The third-order valence-corrected chi connectivity index (χ3v) is 2.68. The van der Waals surface area contributed by atoms with Crippen LogP contribution in [0.3, 0.4) is 0 Å². The maximum absolute atomic E-state index is 9.67. The Bertz CT molecular complexity index is 224. The number of allylic oxidation sites excluding steroid dienone is 2. The van der Waals surface area contributed by atoms with Gasteiger partial charge in [-0.05, 0) is 18.7 Å². The van der Waals surface area contributed by atoms with Crippen molar-refractivity contribution >= 4 is 0 Å². The molecule has 0 aromatic rings. The van der Waals surface area contributed by atoms with E-state index in [9.17, 15) is 13.2 Å². The van der Waals surface area contributed by atoms with Crippen molar-refractivity contribution < 1.29 is 13.2 Å². The SMILES string of the molecule is CCCCCCCCN1C=CC=CC1.FC(F)F. The number of hydrogen-bond donors (Lipinski definition) is 0. The Morgan fingerprint density at radius 3 is 2.17 bits per heavy atom. The second-order valence-electron chi connectivity index (χ2n) is 4.28. The molecule has 0 atom stereocenters. The van der Waals surface area contributed by atoms with Gasteiger partial charge in [0.15, 0.2) is 0 Å². The molecule has 1 heterocycles. The number of unbranched alkanes of at least 4 members (excludes halogenated alkanes) is 5. The van der Waals surface area contributed by atoms with Crippen molar-refractivity contribution in [1.29, 1.82) is 0 Å². The summed E-state index contributed by atoms with van der Waals surface area (Å²) in [5.74, 6) is 0. The van der Waals surface area contributed by atoms with Crippen molar-refractivity contribution in [2.45, 2.75) is 52.1 Å². The van der Waals surface area contributed by atoms with Crippen LogP contribution in [0.2, 0.25) is 0 Å². The monoisotopic (exact) mass is 263 g/mol. The zero-order valence-corrected chi connectivity index (χ0v) is 11.1. The van der Waals surface area contributed by atoms with Crippen LogP contribution in [0.5, 0.6) is 0 Å². The molecule has 1 aliphatic heterocycles. The van der Waals surface area contributed by atoms with Crippen molar-refractivity contribution in [3.05, 3.63) is 24.4 Å². The highest BCUT2D eigenvalue weighted by Crippen LogP contribution is 2.07. The molecule has 0 saturated carbocycles. The molecule has 106 valence electrons. The van der Waals surface area contributed by atoms with Crippen molar-refractivity contribution in [3.63, 3.8) is 0 Å². The number of nitrogens with zero attached hydrogens (tertiary/aromatic N) is 1. The fourth-order valence-electron chi connectivity index (χ4n) is 1.77. The molecule has 0 N–H and O–H groups in total. The van der Waals surface area contributed by atoms with Gasteiger partial charge in [-0.15, -0.1) is 0 Å². The van der Waals surface area contributed by atoms with Gasteiger partial charge in [0.05, 0.1) is 0 Å². The highest BCUT2D eigenvalue weighted by atomic mass is 19.4. The van der Waals surface area contributed by atoms with Crippen molar-refractivity contribution in [2.75, 3.05) is 13.1 Å². The molecule has 18 heavy (non-hydrogen) atoms. The van der Waals surface area contributed by atoms with Crippen molar-refractivity contribution in [3.8, 4) is 0 Å². The van der Waals surface area contributed by atoms with Gasteiger partial charge in [0.2, 0.25) is 0 Å². The highest BCUT2D eigenvalue weighted by molar-refractivity contribution is 5.08. The molecule has 0 bridgehead atoms. The first kappa shape index (κ1) is 17.1. The molecule has 0 aromatic carbocycles. The number of alkyl halides is 3. The summed E-state index contributed by atoms with van der Waals surface area (Å²) in [6.07, 6.45) is 17.0. The second kappa shape index (κ2) is 12.5. The smallest absolute Gasteiger partial charge is 0.374 e. The minimum Gasteiger partial charge on any atom is -0.374 e. The summed E-state index contributed by atoms with van der Waals surface area (Å²) in [6, 6.07) is 0. The summed E-state index contributed by atoms with van der Waals surface area (Å²) >= 11 is 0. The Labute approximate surface area is 108 Å². The predicted octanol–water partition coefficient (Wildman–Crippen LogP) is 4.91. The maximum atomic E-state index is 9.67. The van der Waals surface area contributed by atoms with Crippen molar-refractivity contribution in [1.82, 2.24) is 4.90 Å². The van der Waals surface area contributed by atoms with Crippen molar-refractivity contribution in [2.24, 2.45) is 0 Å². The largest absolute Gasteiger partial charge is 0.379 e. The lowest BCUT2D eigenvalue weighted by atomic mass is 10.1. The van der Waals surface area contributed by atoms with Gasteiger partial charge in [0.25, 0.3) is 0 Å². The molecule has 1 rings (SSSR count). The first-order valence-corrected chi connectivity index (χ1v) is 6.66. The molecule has 0 saturated heterocycles. The first-order valence-electron chi connectivity index (χ1n) is 6.66. The van der Waals surface area contributed by atoms with Gasteiger partial charge in [-0.3, -0.25) is 0 Å². The Hall–Kier alpha value is -0.930. The van der Waals surface area contributed by atoms with Gasteiger partial charge in [-0.25, -0.2) is 0 Å². The van der Waals surface area contributed by atoms with E-state index in [-0.39, 0.29) is 0 Å². The first-order chi connectivity index (χ1) is 8.66. The predicted molar refractivity (Wildman–Crippen MR) is 70.3 cm³/mol. The molecule has 1 aliphatic rings. The van der Waals surface area contributed by atoms with Crippen LogP contribution in [0.1, 0.15) is 45.4 Å². The van der Waals surface area contributed by atoms with E-state index < -0.39 is 6.68 Å². The lowest BCUT2D eigenvalue weighted by molar-refractivity contribution is 0.00819. The van der Waals surface area contributed by atoms with Crippen LogP contribution in [-0.2, 0) is 0 Å². The molecule has 0 aliphatic carbocycles. The van der Waals surface area contributed by atoms with E-state index in [4.69, 9.17) is 0 Å². The van der Waals surface area contributed by atoms with Gasteiger partial charge >= 0.3 is 6.68 Å². The summed E-state index contributed by atoms with van der Waals surface area (Å²) < 4.78 is 29.0. The average molecular weight is 263 g/mol. The third-order valence-electron chi connectivity index (χ3n) is 2.68. The molecule has 0 radical (unpaired) electrons. The second-order valence-corrected chi connectivity index (χ2v) is 4.28. The van der Waals surface area contributed by atoms with Crippen LogP contribution in [0.15, 0.2) is 24.4 Å². The molecule has 0 aromatic heterocycles. The topological polar surface area (TPSA) is 3.24 Å². The minimum atomic E-state index is -3.67. The molecule has 4 heteroatoms. The van der Waals surface area contributed by atoms with Crippen LogP contribution >= 0.6 is 0 Å². The lowest BCUT2D eigenvalue weighted by Gasteiger charge is -2.20. The summed E-state index contributed by atoms with van der Waals surface area (Å²) in [5.41, 5.74) is 0. The fourth-order valence-corrected chi connectivity index (χ4v) is 1.77. The van der Waals surface area contributed by atoms with Gasteiger partial charge in [0, 0.05) is 13.1 Å². The van der Waals surface area contributed by atoms with E-state index in [1.807, 2.05) is 0 Å². The van der Waals surface area contributed by atoms with Crippen LogP contribution in [-0.4, -0.2) is 24.7 Å². The summed E-state index contributed by atoms with van der Waals surface area (Å²) in [6.45, 7) is 0.934. The van der Waals surface area contributed by atoms with Crippen LogP contribution < -0.4 is 0 Å². The Morgan fingerprint density at radius 2 is 1.61 bits per heavy atom. The standard InChI is InChI=1S/C13H23N.CHF3/c1-2-3-4-5-6-8-11-14-12-9-7-10-13-14;2-1(3)4/h7,9-10,12H,2-6,8,11,13H2,1H3;1H. The number of rotatable bonds is 7. The molecule has 0 spiro atoms. The number of halogens is 3. The summed E-state index contributed by atoms with van der Waals surface area (Å²) in [4.78, 5) is 2.39. The molecular formula is C14H24F3N. The van der Waals surface area contributed by atoms with Crippen LogP contribution in [0, 0.1) is 0 Å². The zero-order chi connectivity index (χ0) is 13.6. The summed E-state index contributed by atoms with van der Waals surface area (Å²) in [7, 11) is 0. The third kappa shape index (κ3) is 13.1. The Morgan fingerprint density at radius 1 is 1.00 bits per heavy atom. The quantitative estimate of drug-likeness (QED) is 0.590. The lowest BCUT2D eigenvalue weighted by Crippen LogP contribution is -2.19. The van der Waals surface area contributed by atoms with Crippen LogP contribution in [0.25, 0.3) is 0 Å². The van der Waals surface area contributed by atoms with E-state index in [0.717, 1.165) is 6.54 Å². The number of hydrogen-bond acceptors (Lipinski definition) is 1. The zero-order valence-electron chi connectivity index (χ0n) is 11.1. The molecule has 0 unspecified atom stereocenters. The normalized spacial score (nSPS) is 13.7. The van der Waals surface area contributed by atoms with Gasteiger partial charge in [-0.1, -0.05) is 51.2 Å². The highest BCUT2D eigenvalue weighted by Gasteiger charge is 1.98. The Kier molecular flexibility index (Phi) is 11.9. The maximum Gasteiger partial charge on any atom is 0.379 e. The molecule has 0 amide bonds. The van der Waals surface area contributed by atoms with Gasteiger partial charge in [-0.2, -0.15) is 13.2 Å². The molecular weight excluding hydrogens is 239 g/mol. The molecule has 0 fully saturated rings. The van der Waals surface area contributed by atoms with E-state index in [1.165, 1.54) is 45.1 Å². The average Bonchev–Trinajstić information content (AvgIpc) is 2.34. The summed E-state index contributed by atoms with van der Waals surface area (Å²) in [5, 5.41) is 0. The fraction of sp³-hybridized carbons (Fsp3) is 0.714. The van der Waals surface area contributed by atoms with Gasteiger partial charge in [0.1, 0.15) is 0 Å². The molecule has 1 nitrogen and oxygen atoms in total. The van der Waals surface area contributed by atoms with E-state index in [0.29, 0.717) is 0 Å². The van der Waals surface area contributed by atoms with Crippen LogP contribution in [0.4, 0.5) is 13.2 Å². The van der Waals surface area contributed by atoms with E-state index in [1.54, 1.807) is 0 Å².